The monoisotopic (exact) mass is 316 g/mol. The predicted molar refractivity (Wildman–Crippen MR) is 88.4 cm³/mol. The van der Waals surface area contributed by atoms with Gasteiger partial charge in [-0.2, -0.15) is 0 Å². The quantitative estimate of drug-likeness (QED) is 0.875. The highest BCUT2D eigenvalue weighted by Crippen LogP contribution is 2.33. The summed E-state index contributed by atoms with van der Waals surface area (Å²) in [5, 5.41) is 3.09. The lowest BCUT2D eigenvalue weighted by molar-refractivity contribution is -0.119. The number of nitrogens with zero attached hydrogens (tertiary/aromatic N) is 1. The van der Waals surface area contributed by atoms with Crippen LogP contribution in [0, 0.1) is 11.8 Å². The molecule has 0 aliphatic heterocycles. The van der Waals surface area contributed by atoms with Crippen LogP contribution in [0.3, 0.4) is 0 Å². The first-order valence-corrected chi connectivity index (χ1v) is 8.28. The predicted octanol–water partition coefficient (Wildman–Crippen LogP) is 2.21. The van der Waals surface area contributed by atoms with Gasteiger partial charge in [-0.1, -0.05) is 12.1 Å². The molecule has 2 aliphatic carbocycles. The number of nitrogens with one attached hydrogen (secondary N) is 1. The summed E-state index contributed by atoms with van der Waals surface area (Å²) >= 11 is 0. The van der Waals surface area contributed by atoms with Crippen molar-refractivity contribution in [2.75, 3.05) is 25.7 Å². The van der Waals surface area contributed by atoms with E-state index in [1.165, 1.54) is 0 Å². The summed E-state index contributed by atoms with van der Waals surface area (Å²) in [4.78, 5) is 26.6. The number of amides is 2. The fourth-order valence-corrected chi connectivity index (χ4v) is 3.10. The zero-order valence-electron chi connectivity index (χ0n) is 13.7. The maximum absolute atomic E-state index is 12.6. The molecule has 2 fully saturated rings. The van der Waals surface area contributed by atoms with Crippen LogP contribution in [0.1, 0.15) is 36.0 Å². The van der Waals surface area contributed by atoms with Crippen LogP contribution in [0.25, 0.3) is 0 Å². The van der Waals surface area contributed by atoms with Crippen molar-refractivity contribution in [3.8, 4) is 0 Å². The Balaban J connectivity index is 1.71. The molecule has 2 amide bonds. The highest BCUT2D eigenvalue weighted by Gasteiger charge is 2.35. The van der Waals surface area contributed by atoms with Crippen LogP contribution < -0.4 is 10.2 Å². The second-order valence-corrected chi connectivity index (χ2v) is 6.56. The largest absolute Gasteiger partial charge is 0.384 e. The van der Waals surface area contributed by atoms with Crippen molar-refractivity contribution in [2.24, 2.45) is 11.8 Å². The molecule has 0 saturated heterocycles. The van der Waals surface area contributed by atoms with Gasteiger partial charge >= 0.3 is 0 Å². The van der Waals surface area contributed by atoms with Gasteiger partial charge in [0.15, 0.2) is 0 Å². The highest BCUT2D eigenvalue weighted by atomic mass is 16.5. The minimum Gasteiger partial charge on any atom is -0.384 e. The van der Waals surface area contributed by atoms with E-state index in [2.05, 4.69) is 5.32 Å². The standard InChI is InChI=1S/C18H24N2O3/c1-20(18(22)12-7-8-12)16-6-4-3-5-14(16)17(21)19-15-10-9-13(15)11-23-2/h3-6,12-13,15H,7-11H2,1-2H3,(H,19,21)/t13-,15-/m1/s1. The smallest absolute Gasteiger partial charge is 0.253 e. The second-order valence-electron chi connectivity index (χ2n) is 6.56. The Hall–Kier alpha value is -1.88. The van der Waals surface area contributed by atoms with Crippen LogP contribution in [0.2, 0.25) is 0 Å². The van der Waals surface area contributed by atoms with Gasteiger partial charge in [0.05, 0.1) is 17.9 Å². The number of carbonyl (C=O) groups excluding carboxylic acids is 2. The molecule has 124 valence electrons. The fraction of sp³-hybridized carbons (Fsp3) is 0.556. The van der Waals surface area contributed by atoms with Gasteiger partial charge in [0.25, 0.3) is 5.91 Å². The van der Waals surface area contributed by atoms with Crippen molar-refractivity contribution >= 4 is 17.5 Å². The van der Waals surface area contributed by atoms with E-state index < -0.39 is 0 Å². The van der Waals surface area contributed by atoms with Gasteiger partial charge in [0.2, 0.25) is 5.91 Å². The van der Waals surface area contributed by atoms with Crippen molar-refractivity contribution in [1.82, 2.24) is 5.32 Å². The number of hydrogen-bond acceptors (Lipinski definition) is 3. The number of benzene rings is 1. The molecule has 0 aromatic heterocycles. The maximum atomic E-state index is 12.6. The van der Waals surface area contributed by atoms with E-state index in [1.54, 1.807) is 25.1 Å². The Morgan fingerprint density at radius 2 is 1.96 bits per heavy atom. The Morgan fingerprint density at radius 3 is 2.57 bits per heavy atom. The summed E-state index contributed by atoms with van der Waals surface area (Å²) in [5.74, 6) is 0.517. The van der Waals surface area contributed by atoms with E-state index in [0.717, 1.165) is 25.7 Å². The maximum Gasteiger partial charge on any atom is 0.253 e. The molecule has 1 N–H and O–H groups in total. The lowest BCUT2D eigenvalue weighted by Crippen LogP contribution is -2.48. The molecule has 3 rings (SSSR count). The SMILES string of the molecule is COC[C@H]1CC[C@H]1NC(=O)c1ccccc1N(C)C(=O)C1CC1. The molecule has 5 heteroatoms. The van der Waals surface area contributed by atoms with Crippen LogP contribution >= 0.6 is 0 Å². The second kappa shape index (κ2) is 6.71. The summed E-state index contributed by atoms with van der Waals surface area (Å²) in [5.41, 5.74) is 1.25. The summed E-state index contributed by atoms with van der Waals surface area (Å²) in [6, 6.07) is 7.48. The van der Waals surface area contributed by atoms with Gasteiger partial charge in [0.1, 0.15) is 0 Å². The molecule has 0 unspecified atom stereocenters. The minimum atomic E-state index is -0.109. The van der Waals surface area contributed by atoms with Crippen LogP contribution in [0.4, 0.5) is 5.69 Å². The molecule has 0 spiro atoms. The van der Waals surface area contributed by atoms with Gasteiger partial charge in [-0.15, -0.1) is 0 Å². The molecule has 0 bridgehead atoms. The van der Waals surface area contributed by atoms with Crippen molar-refractivity contribution in [2.45, 2.75) is 31.7 Å². The first kappa shape index (κ1) is 16.0. The number of methoxy groups -OCH3 is 1. The Morgan fingerprint density at radius 1 is 1.22 bits per heavy atom. The molecule has 5 nitrogen and oxygen atoms in total. The van der Waals surface area contributed by atoms with E-state index in [1.807, 2.05) is 18.2 Å². The number of rotatable bonds is 6. The van der Waals surface area contributed by atoms with Crippen molar-refractivity contribution in [3.63, 3.8) is 0 Å². The summed E-state index contributed by atoms with van der Waals surface area (Å²) in [6.45, 7) is 0.673. The van der Waals surface area contributed by atoms with E-state index in [4.69, 9.17) is 4.74 Å². The Bertz CT molecular complexity index is 598. The normalized spacial score (nSPS) is 23.0. The van der Waals surface area contributed by atoms with E-state index in [9.17, 15) is 9.59 Å². The number of ether oxygens (including phenoxy) is 1. The van der Waals surface area contributed by atoms with Gasteiger partial charge in [-0.3, -0.25) is 9.59 Å². The lowest BCUT2D eigenvalue weighted by atomic mass is 9.80. The van der Waals surface area contributed by atoms with Gasteiger partial charge in [0, 0.05) is 32.0 Å². The first-order valence-electron chi connectivity index (χ1n) is 8.28. The molecule has 0 heterocycles. The van der Waals surface area contributed by atoms with Crippen LogP contribution in [0.15, 0.2) is 24.3 Å². The average molecular weight is 316 g/mol. The Labute approximate surface area is 137 Å². The van der Waals surface area contributed by atoms with E-state index in [-0.39, 0.29) is 23.8 Å². The fourth-order valence-electron chi connectivity index (χ4n) is 3.10. The molecule has 1 aromatic rings. The zero-order chi connectivity index (χ0) is 16.4. The number of carbonyl (C=O) groups is 2. The molecular weight excluding hydrogens is 292 g/mol. The minimum absolute atomic E-state index is 0.103. The van der Waals surface area contributed by atoms with Gasteiger partial charge in [-0.25, -0.2) is 0 Å². The van der Waals surface area contributed by atoms with Gasteiger partial charge in [-0.05, 0) is 37.8 Å². The molecule has 0 radical (unpaired) electrons. The van der Waals surface area contributed by atoms with Crippen LogP contribution in [0.5, 0.6) is 0 Å². The van der Waals surface area contributed by atoms with E-state index in [0.29, 0.717) is 23.8 Å². The van der Waals surface area contributed by atoms with Crippen molar-refractivity contribution in [3.05, 3.63) is 29.8 Å². The highest BCUT2D eigenvalue weighted by molar-refractivity contribution is 6.05. The number of anilines is 1. The Kier molecular flexibility index (Phi) is 4.66. The molecule has 2 saturated carbocycles. The van der Waals surface area contributed by atoms with Crippen LogP contribution in [-0.4, -0.2) is 38.6 Å². The third-order valence-electron chi connectivity index (χ3n) is 4.88. The third kappa shape index (κ3) is 3.39. The molecule has 2 atom stereocenters. The zero-order valence-corrected chi connectivity index (χ0v) is 13.7. The van der Waals surface area contributed by atoms with Gasteiger partial charge < -0.3 is 15.0 Å². The molecule has 2 aliphatic rings. The lowest BCUT2D eigenvalue weighted by Gasteiger charge is -2.36. The number of para-hydroxylation sites is 1. The molecular formula is C18H24N2O3. The van der Waals surface area contributed by atoms with Crippen molar-refractivity contribution < 1.29 is 14.3 Å². The summed E-state index contributed by atoms with van der Waals surface area (Å²) in [6.07, 6.45) is 3.98. The first-order chi connectivity index (χ1) is 11.1. The van der Waals surface area contributed by atoms with Crippen LogP contribution in [-0.2, 0) is 9.53 Å². The molecule has 23 heavy (non-hydrogen) atoms. The topological polar surface area (TPSA) is 58.6 Å². The third-order valence-corrected chi connectivity index (χ3v) is 4.88. The molecule has 1 aromatic carbocycles. The van der Waals surface area contributed by atoms with Crippen molar-refractivity contribution in [1.29, 1.82) is 0 Å². The number of hydrogen-bond donors (Lipinski definition) is 1. The summed E-state index contributed by atoms with van der Waals surface area (Å²) in [7, 11) is 3.44. The summed E-state index contributed by atoms with van der Waals surface area (Å²) < 4.78 is 5.19. The van der Waals surface area contributed by atoms with E-state index >= 15 is 0 Å². The average Bonchev–Trinajstić information content (AvgIpc) is 3.40.